The summed E-state index contributed by atoms with van der Waals surface area (Å²) in [6, 6.07) is 15.3. The lowest BCUT2D eigenvalue weighted by molar-refractivity contribution is 0.0953. The zero-order valence-corrected chi connectivity index (χ0v) is 19.4. The van der Waals surface area contributed by atoms with Crippen molar-refractivity contribution in [3.63, 3.8) is 0 Å². The lowest BCUT2D eigenvalue weighted by atomic mass is 9.97. The Morgan fingerprint density at radius 3 is 2.57 bits per heavy atom. The molecule has 1 amide bonds. The van der Waals surface area contributed by atoms with E-state index in [0.29, 0.717) is 35.6 Å². The highest BCUT2D eigenvalue weighted by Crippen LogP contribution is 2.24. The van der Waals surface area contributed by atoms with Crippen LogP contribution in [0.3, 0.4) is 0 Å². The predicted octanol–water partition coefficient (Wildman–Crippen LogP) is 4.95. The number of rotatable bonds is 7. The minimum absolute atomic E-state index is 0.266. The smallest absolute Gasteiger partial charge is 0.282 e. The van der Waals surface area contributed by atoms with Gasteiger partial charge in [-0.2, -0.15) is 9.78 Å². The largest absolute Gasteiger partial charge is 0.352 e. The van der Waals surface area contributed by atoms with E-state index in [-0.39, 0.29) is 17.3 Å². The Labute approximate surface area is 203 Å². The number of allylic oxidation sites excluding steroid dienone is 1. The number of amides is 1. The number of aromatic nitrogens is 3. The molecule has 6 nitrogen and oxygen atoms in total. The van der Waals surface area contributed by atoms with E-state index in [9.17, 15) is 14.0 Å². The average Bonchev–Trinajstić information content (AvgIpc) is 3.22. The molecular formula is C28H27FN4O2. The first-order chi connectivity index (χ1) is 17.1. The molecule has 35 heavy (non-hydrogen) atoms. The summed E-state index contributed by atoms with van der Waals surface area (Å²) in [6.45, 7) is 0.919. The molecule has 2 aliphatic heterocycles. The molecule has 5 rings (SSSR count). The molecule has 2 heterocycles. The number of hydrogen-bond acceptors (Lipinski definition) is 3. The molecule has 178 valence electrons. The van der Waals surface area contributed by atoms with E-state index in [4.69, 9.17) is 0 Å². The summed E-state index contributed by atoms with van der Waals surface area (Å²) < 4.78 is 16.5. The molecule has 0 aromatic heterocycles. The van der Waals surface area contributed by atoms with E-state index in [2.05, 4.69) is 16.5 Å². The lowest BCUT2D eigenvalue weighted by Crippen LogP contribution is -2.26. The molecule has 0 spiro atoms. The first-order valence-corrected chi connectivity index (χ1v) is 12.0. The fourth-order valence-electron chi connectivity index (χ4n) is 4.53. The fraction of sp³-hybridized carbons (Fsp3) is 0.250. The Kier molecular flexibility index (Phi) is 6.57. The van der Waals surface area contributed by atoms with E-state index in [1.54, 1.807) is 41.2 Å². The SMILES string of the molecule is O=C(NCCC1=CCCCC1)c1cn(Cc2ccc(F)cc2)cc2c(=O)n(-c3ccccc3)nc1-2. The third kappa shape index (κ3) is 5.09. The quantitative estimate of drug-likeness (QED) is 0.389. The number of fused-ring (bicyclic) bond motifs is 1. The molecule has 0 unspecified atom stereocenters. The van der Waals surface area contributed by atoms with Crippen LogP contribution in [0.1, 0.15) is 48.0 Å². The van der Waals surface area contributed by atoms with Crippen LogP contribution in [-0.4, -0.2) is 26.8 Å². The Bertz CT molecular complexity index is 1390. The van der Waals surface area contributed by atoms with Crippen LogP contribution in [0.15, 0.2) is 83.4 Å². The maximum Gasteiger partial charge on any atom is 0.282 e. The third-order valence-corrected chi connectivity index (χ3v) is 6.36. The Balaban J connectivity index is 1.49. The van der Waals surface area contributed by atoms with Crippen molar-refractivity contribution in [2.75, 3.05) is 6.54 Å². The van der Waals surface area contributed by atoms with Crippen molar-refractivity contribution in [1.82, 2.24) is 19.7 Å². The maximum atomic E-state index is 13.4. The molecule has 0 saturated carbocycles. The minimum atomic E-state index is -0.312. The van der Waals surface area contributed by atoms with Crippen molar-refractivity contribution in [2.24, 2.45) is 0 Å². The van der Waals surface area contributed by atoms with Gasteiger partial charge in [0, 0.05) is 25.5 Å². The van der Waals surface area contributed by atoms with Gasteiger partial charge in [0.15, 0.2) is 0 Å². The molecule has 2 aromatic carbocycles. The molecule has 1 N–H and O–H groups in total. The summed E-state index contributed by atoms with van der Waals surface area (Å²) in [7, 11) is 0. The van der Waals surface area contributed by atoms with E-state index in [1.165, 1.54) is 35.2 Å². The monoisotopic (exact) mass is 470 g/mol. The molecule has 2 aromatic rings. The molecule has 0 bridgehead atoms. The van der Waals surface area contributed by atoms with Crippen molar-refractivity contribution in [1.29, 1.82) is 0 Å². The van der Waals surface area contributed by atoms with Crippen molar-refractivity contribution in [2.45, 2.75) is 38.6 Å². The van der Waals surface area contributed by atoms with Crippen LogP contribution < -0.4 is 10.9 Å². The summed E-state index contributed by atoms with van der Waals surface area (Å²) in [5.41, 5.74) is 3.65. The predicted molar refractivity (Wildman–Crippen MR) is 133 cm³/mol. The Morgan fingerprint density at radius 1 is 1.03 bits per heavy atom. The summed E-state index contributed by atoms with van der Waals surface area (Å²) in [6.07, 6.45) is 11.1. The van der Waals surface area contributed by atoms with Gasteiger partial charge in [-0.15, -0.1) is 0 Å². The van der Waals surface area contributed by atoms with Crippen LogP contribution >= 0.6 is 0 Å². The first-order valence-electron chi connectivity index (χ1n) is 12.0. The highest BCUT2D eigenvalue weighted by Gasteiger charge is 2.24. The molecule has 0 fully saturated rings. The number of halogens is 1. The number of carbonyl (C=O) groups is 1. The molecular weight excluding hydrogens is 443 g/mol. The Morgan fingerprint density at radius 2 is 1.83 bits per heavy atom. The first kappa shape index (κ1) is 22.8. The second-order valence-corrected chi connectivity index (χ2v) is 8.90. The van der Waals surface area contributed by atoms with Crippen molar-refractivity contribution < 1.29 is 9.18 Å². The van der Waals surface area contributed by atoms with Crippen LogP contribution in [0.25, 0.3) is 16.9 Å². The van der Waals surface area contributed by atoms with Crippen LogP contribution in [-0.2, 0) is 6.54 Å². The number of hydrogen-bond donors (Lipinski definition) is 1. The molecule has 0 atom stereocenters. The number of benzene rings is 2. The van der Waals surface area contributed by atoms with Gasteiger partial charge < -0.3 is 9.88 Å². The number of nitrogens with one attached hydrogen (secondary N) is 1. The van der Waals surface area contributed by atoms with E-state index < -0.39 is 0 Å². The fourth-order valence-corrected chi connectivity index (χ4v) is 4.53. The van der Waals surface area contributed by atoms with E-state index in [0.717, 1.165) is 24.8 Å². The van der Waals surface area contributed by atoms with Gasteiger partial charge in [-0.05, 0) is 61.9 Å². The summed E-state index contributed by atoms with van der Waals surface area (Å²) in [5.74, 6) is -0.578. The second kappa shape index (κ2) is 10.1. The van der Waals surface area contributed by atoms with Crippen LogP contribution in [0.4, 0.5) is 4.39 Å². The molecule has 0 saturated heterocycles. The third-order valence-electron chi connectivity index (χ3n) is 6.36. The van der Waals surface area contributed by atoms with Crippen LogP contribution in [0, 0.1) is 5.82 Å². The van der Waals surface area contributed by atoms with Crippen molar-refractivity contribution in [3.8, 4) is 16.9 Å². The molecule has 7 heteroatoms. The molecule has 0 radical (unpaired) electrons. The second-order valence-electron chi connectivity index (χ2n) is 8.90. The van der Waals surface area contributed by atoms with Gasteiger partial charge >= 0.3 is 0 Å². The van der Waals surface area contributed by atoms with Gasteiger partial charge in [-0.1, -0.05) is 42.0 Å². The highest BCUT2D eigenvalue weighted by atomic mass is 19.1. The van der Waals surface area contributed by atoms with Crippen molar-refractivity contribution in [3.05, 3.63) is 106 Å². The normalized spacial score (nSPS) is 13.6. The summed E-state index contributed by atoms with van der Waals surface area (Å²) >= 11 is 0. The highest BCUT2D eigenvalue weighted by molar-refractivity contribution is 5.99. The van der Waals surface area contributed by atoms with Gasteiger partial charge in [0.1, 0.15) is 11.5 Å². The van der Waals surface area contributed by atoms with E-state index in [1.807, 2.05) is 18.2 Å². The van der Waals surface area contributed by atoms with Crippen LogP contribution in [0.5, 0.6) is 0 Å². The topological polar surface area (TPSA) is 68.9 Å². The molecule has 3 aliphatic rings. The zero-order chi connectivity index (χ0) is 24.2. The van der Waals surface area contributed by atoms with Crippen molar-refractivity contribution >= 4 is 5.91 Å². The van der Waals surface area contributed by atoms with E-state index >= 15 is 0 Å². The van der Waals surface area contributed by atoms with Gasteiger partial charge in [0.25, 0.3) is 11.5 Å². The van der Waals surface area contributed by atoms with Gasteiger partial charge in [-0.25, -0.2) is 4.39 Å². The molecule has 1 aliphatic carbocycles. The standard InChI is InChI=1S/C28H27FN4O2/c29-22-13-11-21(12-14-22)17-32-18-24(27(34)30-16-15-20-7-3-1-4-8-20)26-25(19-32)28(35)33(31-26)23-9-5-2-6-10-23/h2,5-7,9-14,18-19H,1,3-4,8,15-17H2,(H,30,34). The number of nitrogens with zero attached hydrogens (tertiary/aromatic N) is 3. The average molecular weight is 471 g/mol. The lowest BCUT2D eigenvalue weighted by Gasteiger charge is -2.15. The maximum absolute atomic E-state index is 13.4. The van der Waals surface area contributed by atoms with Crippen LogP contribution in [0.2, 0.25) is 0 Å². The summed E-state index contributed by atoms with van der Waals surface area (Å²) in [4.78, 5) is 26.5. The summed E-state index contributed by atoms with van der Waals surface area (Å²) in [5, 5.41) is 7.54. The van der Waals surface area contributed by atoms with Gasteiger partial charge in [-0.3, -0.25) is 9.59 Å². The minimum Gasteiger partial charge on any atom is -0.352 e. The number of carbonyl (C=O) groups excluding carboxylic acids is 1. The number of para-hydroxylation sites is 1. The zero-order valence-electron chi connectivity index (χ0n) is 19.4. The van der Waals surface area contributed by atoms with Gasteiger partial charge in [0.2, 0.25) is 0 Å². The Hall–Kier alpha value is -4.00. The van der Waals surface area contributed by atoms with Gasteiger partial charge in [0.05, 0.1) is 16.8 Å². The number of pyridine rings is 1.